The predicted molar refractivity (Wildman–Crippen MR) is 90.1 cm³/mol. The molecule has 1 atom stereocenters. The van der Waals surface area contributed by atoms with Crippen LogP contribution in [-0.2, 0) is 6.54 Å². The van der Waals surface area contributed by atoms with Gasteiger partial charge in [0.05, 0.1) is 11.0 Å². The number of benzene rings is 2. The maximum Gasteiger partial charge on any atom is 0.153 e. The Hall–Kier alpha value is -2.29. The zero-order valence-electron chi connectivity index (χ0n) is 13.2. The Labute approximate surface area is 131 Å². The van der Waals surface area contributed by atoms with E-state index in [1.54, 1.807) is 0 Å². The van der Waals surface area contributed by atoms with Crippen molar-refractivity contribution in [3.8, 4) is 5.75 Å². The highest BCUT2D eigenvalue weighted by Gasteiger charge is 2.17. The SMILES string of the molecule is CCCCn1c(C(C)Oc2ccccc2)nc2ccccc21. The third kappa shape index (κ3) is 2.98. The minimum Gasteiger partial charge on any atom is -0.483 e. The van der Waals surface area contributed by atoms with E-state index < -0.39 is 0 Å². The minimum absolute atomic E-state index is 0.0772. The molecule has 0 fully saturated rings. The number of aryl methyl sites for hydroxylation is 1. The summed E-state index contributed by atoms with van der Waals surface area (Å²) < 4.78 is 8.37. The van der Waals surface area contributed by atoms with Gasteiger partial charge >= 0.3 is 0 Å². The van der Waals surface area contributed by atoms with Crippen molar-refractivity contribution >= 4 is 11.0 Å². The summed E-state index contributed by atoms with van der Waals surface area (Å²) in [7, 11) is 0. The number of rotatable bonds is 6. The van der Waals surface area contributed by atoms with Gasteiger partial charge in [-0.3, -0.25) is 0 Å². The van der Waals surface area contributed by atoms with Gasteiger partial charge in [-0.15, -0.1) is 0 Å². The zero-order valence-corrected chi connectivity index (χ0v) is 13.2. The number of imidazole rings is 1. The standard InChI is InChI=1S/C19H22N2O/c1-3-4-14-21-18-13-9-8-12-17(18)20-19(21)15(2)22-16-10-6-5-7-11-16/h5-13,15H,3-4,14H2,1-2H3. The van der Waals surface area contributed by atoms with Crippen molar-refractivity contribution < 1.29 is 4.74 Å². The lowest BCUT2D eigenvalue weighted by molar-refractivity contribution is 0.211. The number of nitrogens with zero attached hydrogens (tertiary/aromatic N) is 2. The smallest absolute Gasteiger partial charge is 0.153 e. The normalized spacial score (nSPS) is 12.5. The minimum atomic E-state index is -0.0772. The van der Waals surface area contributed by atoms with Crippen LogP contribution in [0.5, 0.6) is 5.75 Å². The van der Waals surface area contributed by atoms with E-state index in [-0.39, 0.29) is 6.10 Å². The lowest BCUT2D eigenvalue weighted by Gasteiger charge is -2.16. The number of hydrogen-bond donors (Lipinski definition) is 0. The quantitative estimate of drug-likeness (QED) is 0.641. The van der Waals surface area contributed by atoms with Gasteiger partial charge in [0, 0.05) is 6.54 Å². The van der Waals surface area contributed by atoms with Crippen molar-refractivity contribution in [2.24, 2.45) is 0 Å². The Balaban J connectivity index is 1.94. The van der Waals surface area contributed by atoms with Crippen molar-refractivity contribution in [1.82, 2.24) is 9.55 Å². The first kappa shape index (κ1) is 14.6. The van der Waals surface area contributed by atoms with E-state index in [0.717, 1.165) is 30.1 Å². The van der Waals surface area contributed by atoms with Gasteiger partial charge in [0.15, 0.2) is 11.9 Å². The van der Waals surface area contributed by atoms with Gasteiger partial charge in [0.25, 0.3) is 0 Å². The van der Waals surface area contributed by atoms with Gasteiger partial charge in [0.2, 0.25) is 0 Å². The van der Waals surface area contributed by atoms with Crippen LogP contribution < -0.4 is 4.74 Å². The molecule has 0 saturated carbocycles. The second-order valence-electron chi connectivity index (χ2n) is 5.54. The second-order valence-corrected chi connectivity index (χ2v) is 5.54. The predicted octanol–water partition coefficient (Wildman–Crippen LogP) is 4.98. The molecule has 0 aliphatic carbocycles. The molecule has 3 heteroatoms. The molecule has 0 spiro atoms. The largest absolute Gasteiger partial charge is 0.483 e. The van der Waals surface area contributed by atoms with E-state index >= 15 is 0 Å². The number of hydrogen-bond acceptors (Lipinski definition) is 2. The molecule has 3 nitrogen and oxygen atoms in total. The molecular weight excluding hydrogens is 272 g/mol. The first-order chi connectivity index (χ1) is 10.8. The van der Waals surface area contributed by atoms with Crippen LogP contribution in [0, 0.1) is 0 Å². The molecule has 22 heavy (non-hydrogen) atoms. The van der Waals surface area contributed by atoms with Gasteiger partial charge in [-0.2, -0.15) is 0 Å². The fraction of sp³-hybridized carbons (Fsp3) is 0.316. The van der Waals surface area contributed by atoms with Crippen molar-refractivity contribution in [3.05, 3.63) is 60.4 Å². The lowest BCUT2D eigenvalue weighted by atomic mass is 10.3. The summed E-state index contributed by atoms with van der Waals surface area (Å²) in [6.07, 6.45) is 2.23. The maximum absolute atomic E-state index is 6.07. The van der Waals surface area contributed by atoms with E-state index in [9.17, 15) is 0 Å². The highest BCUT2D eigenvalue weighted by Crippen LogP contribution is 2.25. The van der Waals surface area contributed by atoms with Crippen molar-refractivity contribution in [2.45, 2.75) is 39.3 Å². The number of fused-ring (bicyclic) bond motifs is 1. The molecule has 0 saturated heterocycles. The molecule has 0 amide bonds. The van der Waals surface area contributed by atoms with Crippen molar-refractivity contribution in [1.29, 1.82) is 0 Å². The molecule has 0 aliphatic rings. The molecule has 1 unspecified atom stereocenters. The van der Waals surface area contributed by atoms with Gasteiger partial charge in [-0.05, 0) is 37.6 Å². The first-order valence-electron chi connectivity index (χ1n) is 7.96. The summed E-state index contributed by atoms with van der Waals surface area (Å²) in [5, 5.41) is 0. The summed E-state index contributed by atoms with van der Waals surface area (Å²) in [4.78, 5) is 4.80. The van der Waals surface area contributed by atoms with Crippen LogP contribution in [0.15, 0.2) is 54.6 Å². The topological polar surface area (TPSA) is 27.1 Å². The Morgan fingerprint density at radius 1 is 1.05 bits per heavy atom. The third-order valence-electron chi connectivity index (χ3n) is 3.84. The molecule has 1 heterocycles. The van der Waals surface area contributed by atoms with Crippen LogP contribution in [0.3, 0.4) is 0 Å². The van der Waals surface area contributed by atoms with Crippen molar-refractivity contribution in [2.75, 3.05) is 0 Å². The van der Waals surface area contributed by atoms with E-state index in [1.807, 2.05) is 36.4 Å². The molecule has 0 bridgehead atoms. The first-order valence-corrected chi connectivity index (χ1v) is 7.96. The number of unbranched alkanes of at least 4 members (excludes halogenated alkanes) is 1. The number of para-hydroxylation sites is 3. The lowest BCUT2D eigenvalue weighted by Crippen LogP contribution is -2.12. The summed E-state index contributed by atoms with van der Waals surface area (Å²) >= 11 is 0. The third-order valence-corrected chi connectivity index (χ3v) is 3.84. The van der Waals surface area contributed by atoms with E-state index in [2.05, 4.69) is 36.6 Å². The Morgan fingerprint density at radius 3 is 2.55 bits per heavy atom. The van der Waals surface area contributed by atoms with Gasteiger partial charge in [-0.25, -0.2) is 4.98 Å². The van der Waals surface area contributed by atoms with Gasteiger partial charge in [-0.1, -0.05) is 43.7 Å². The summed E-state index contributed by atoms with van der Waals surface area (Å²) in [5.41, 5.74) is 2.23. The fourth-order valence-corrected chi connectivity index (χ4v) is 2.71. The molecule has 3 rings (SSSR count). The fourth-order valence-electron chi connectivity index (χ4n) is 2.71. The average molecular weight is 294 g/mol. The average Bonchev–Trinajstić information content (AvgIpc) is 2.92. The van der Waals surface area contributed by atoms with Gasteiger partial charge < -0.3 is 9.30 Å². The van der Waals surface area contributed by atoms with Crippen LogP contribution in [0.4, 0.5) is 0 Å². The monoisotopic (exact) mass is 294 g/mol. The highest BCUT2D eigenvalue weighted by atomic mass is 16.5. The Kier molecular flexibility index (Phi) is 4.42. The summed E-state index contributed by atoms with van der Waals surface area (Å²) in [6, 6.07) is 18.2. The maximum atomic E-state index is 6.07. The van der Waals surface area contributed by atoms with Crippen LogP contribution in [-0.4, -0.2) is 9.55 Å². The van der Waals surface area contributed by atoms with Crippen LogP contribution in [0.2, 0.25) is 0 Å². The van der Waals surface area contributed by atoms with E-state index in [1.165, 1.54) is 11.9 Å². The molecule has 2 aromatic carbocycles. The van der Waals surface area contributed by atoms with Crippen LogP contribution in [0.1, 0.15) is 38.6 Å². The molecule has 0 aliphatic heterocycles. The molecule has 1 aromatic heterocycles. The van der Waals surface area contributed by atoms with E-state index in [4.69, 9.17) is 9.72 Å². The summed E-state index contributed by atoms with van der Waals surface area (Å²) in [5.74, 6) is 1.88. The number of ether oxygens (including phenoxy) is 1. The molecule has 0 radical (unpaired) electrons. The zero-order chi connectivity index (χ0) is 15.4. The summed E-state index contributed by atoms with van der Waals surface area (Å²) in [6.45, 7) is 5.26. The Morgan fingerprint density at radius 2 is 1.77 bits per heavy atom. The van der Waals surface area contributed by atoms with Gasteiger partial charge in [0.1, 0.15) is 5.75 Å². The Bertz CT molecular complexity index is 734. The number of aromatic nitrogens is 2. The molecular formula is C19H22N2O. The second kappa shape index (κ2) is 6.65. The van der Waals surface area contributed by atoms with Crippen molar-refractivity contribution in [3.63, 3.8) is 0 Å². The molecule has 0 N–H and O–H groups in total. The highest BCUT2D eigenvalue weighted by molar-refractivity contribution is 5.76. The molecule has 3 aromatic rings. The van der Waals surface area contributed by atoms with Crippen LogP contribution >= 0.6 is 0 Å². The van der Waals surface area contributed by atoms with Crippen LogP contribution in [0.25, 0.3) is 11.0 Å². The molecule has 114 valence electrons. The van der Waals surface area contributed by atoms with E-state index in [0.29, 0.717) is 0 Å².